The van der Waals surface area contributed by atoms with Crippen molar-refractivity contribution in [1.29, 1.82) is 0 Å². The van der Waals surface area contributed by atoms with E-state index in [9.17, 15) is 4.79 Å². The number of ketones is 1. The first-order chi connectivity index (χ1) is 8.70. The van der Waals surface area contributed by atoms with Crippen LogP contribution in [0.2, 0.25) is 0 Å². The van der Waals surface area contributed by atoms with Crippen molar-refractivity contribution in [3.8, 4) is 0 Å². The minimum atomic E-state index is -0.148. The van der Waals surface area contributed by atoms with Gasteiger partial charge in [0.05, 0.1) is 10.9 Å². The number of hydrogen-bond acceptors (Lipinski definition) is 4. The number of carbonyl (C=O) groups excluding carboxylic acids is 1. The van der Waals surface area contributed by atoms with Crippen molar-refractivity contribution in [2.75, 3.05) is 0 Å². The van der Waals surface area contributed by atoms with Gasteiger partial charge in [-0.1, -0.05) is 49.0 Å². The van der Waals surface area contributed by atoms with Gasteiger partial charge in [-0.15, -0.1) is 0 Å². The molecule has 0 spiro atoms. The van der Waals surface area contributed by atoms with E-state index in [-0.39, 0.29) is 11.0 Å². The summed E-state index contributed by atoms with van der Waals surface area (Å²) < 4.78 is 5.28. The maximum absolute atomic E-state index is 12.3. The molecule has 3 nitrogen and oxygen atoms in total. The van der Waals surface area contributed by atoms with Crippen LogP contribution >= 0.6 is 11.8 Å². The Bertz CT molecular complexity index is 522. The summed E-state index contributed by atoms with van der Waals surface area (Å²) in [4.78, 5) is 16.5. The van der Waals surface area contributed by atoms with Gasteiger partial charge in [-0.25, -0.2) is 4.98 Å². The lowest BCUT2D eigenvalue weighted by atomic mass is 10.1. The molecular formula is C14H15NO2S. The predicted molar refractivity (Wildman–Crippen MR) is 71.9 cm³/mol. The van der Waals surface area contributed by atoms with E-state index in [1.54, 1.807) is 6.26 Å². The molecule has 4 heteroatoms. The van der Waals surface area contributed by atoms with Crippen LogP contribution in [0.5, 0.6) is 0 Å². The number of hydrogen-bond donors (Lipinski definition) is 0. The van der Waals surface area contributed by atoms with Crippen LogP contribution in [0, 0.1) is 6.92 Å². The standard InChI is InChI=1S/C14H15NO2S/c1-3-12(18-14-15-10(2)9-17-14)13(16)11-7-5-4-6-8-11/h4-9,12H,3H2,1-2H3. The number of carbonyl (C=O) groups is 1. The smallest absolute Gasteiger partial charge is 0.256 e. The topological polar surface area (TPSA) is 43.1 Å². The molecule has 94 valence electrons. The van der Waals surface area contributed by atoms with E-state index in [2.05, 4.69) is 4.98 Å². The third kappa shape index (κ3) is 3.01. The van der Waals surface area contributed by atoms with Crippen molar-refractivity contribution >= 4 is 17.5 Å². The average Bonchev–Trinajstić information content (AvgIpc) is 2.82. The molecule has 18 heavy (non-hydrogen) atoms. The summed E-state index contributed by atoms with van der Waals surface area (Å²) in [5, 5.41) is 0.411. The Hall–Kier alpha value is -1.55. The first kappa shape index (κ1) is 12.9. The van der Waals surface area contributed by atoms with E-state index in [0.717, 1.165) is 17.7 Å². The second-order valence-electron chi connectivity index (χ2n) is 4.00. The van der Waals surface area contributed by atoms with Gasteiger partial charge in [0, 0.05) is 5.56 Å². The maximum atomic E-state index is 12.3. The molecule has 0 aliphatic rings. The lowest BCUT2D eigenvalue weighted by Crippen LogP contribution is -2.16. The molecule has 0 aliphatic heterocycles. The van der Waals surface area contributed by atoms with Crippen LogP contribution in [0.15, 0.2) is 46.2 Å². The van der Waals surface area contributed by atoms with Gasteiger partial charge in [-0.3, -0.25) is 4.79 Å². The van der Waals surface area contributed by atoms with Crippen molar-refractivity contribution in [1.82, 2.24) is 4.98 Å². The molecule has 0 saturated heterocycles. The quantitative estimate of drug-likeness (QED) is 0.607. The van der Waals surface area contributed by atoms with E-state index in [4.69, 9.17) is 4.42 Å². The Labute approximate surface area is 111 Å². The molecule has 2 aromatic rings. The fraction of sp³-hybridized carbons (Fsp3) is 0.286. The Morgan fingerprint density at radius 1 is 1.39 bits per heavy atom. The Morgan fingerprint density at radius 2 is 2.11 bits per heavy atom. The molecule has 0 amide bonds. The van der Waals surface area contributed by atoms with Crippen LogP contribution in [0.3, 0.4) is 0 Å². The van der Waals surface area contributed by atoms with Gasteiger partial charge >= 0.3 is 0 Å². The summed E-state index contributed by atoms with van der Waals surface area (Å²) in [6, 6.07) is 9.33. The molecule has 0 aliphatic carbocycles. The number of aromatic nitrogens is 1. The minimum Gasteiger partial charge on any atom is -0.440 e. The highest BCUT2D eigenvalue weighted by molar-refractivity contribution is 8.00. The van der Waals surface area contributed by atoms with E-state index >= 15 is 0 Å². The van der Waals surface area contributed by atoms with Gasteiger partial charge in [-0.05, 0) is 13.3 Å². The number of thioether (sulfide) groups is 1. The lowest BCUT2D eigenvalue weighted by Gasteiger charge is -2.10. The summed E-state index contributed by atoms with van der Waals surface area (Å²) in [6.45, 7) is 3.86. The van der Waals surface area contributed by atoms with Crippen LogP contribution in [-0.4, -0.2) is 16.0 Å². The van der Waals surface area contributed by atoms with E-state index in [0.29, 0.717) is 5.22 Å². The molecule has 1 aromatic heterocycles. The van der Waals surface area contributed by atoms with E-state index in [1.807, 2.05) is 44.2 Å². The molecule has 0 saturated carbocycles. The Balaban J connectivity index is 2.12. The van der Waals surface area contributed by atoms with Crippen molar-refractivity contribution in [2.45, 2.75) is 30.7 Å². The number of oxazole rings is 1. The molecule has 0 fully saturated rings. The van der Waals surface area contributed by atoms with E-state index in [1.165, 1.54) is 11.8 Å². The van der Waals surface area contributed by atoms with Gasteiger partial charge in [0.1, 0.15) is 6.26 Å². The lowest BCUT2D eigenvalue weighted by molar-refractivity contribution is 0.0987. The summed E-state index contributed by atoms with van der Waals surface area (Å²) in [6.07, 6.45) is 2.35. The van der Waals surface area contributed by atoms with Crippen molar-refractivity contribution in [2.24, 2.45) is 0 Å². The second-order valence-corrected chi connectivity index (χ2v) is 5.15. The normalized spacial score (nSPS) is 12.3. The van der Waals surface area contributed by atoms with Crippen molar-refractivity contribution < 1.29 is 9.21 Å². The molecule has 1 heterocycles. The SMILES string of the molecule is CCC(Sc1nc(C)co1)C(=O)c1ccccc1. The average molecular weight is 261 g/mol. The summed E-state index contributed by atoms with van der Waals surface area (Å²) >= 11 is 1.39. The van der Waals surface area contributed by atoms with Crippen LogP contribution in [-0.2, 0) is 0 Å². The van der Waals surface area contributed by atoms with Gasteiger partial charge in [0.2, 0.25) is 0 Å². The first-order valence-corrected chi connectivity index (χ1v) is 6.76. The van der Waals surface area contributed by atoms with Crippen LogP contribution < -0.4 is 0 Å². The molecule has 0 bridgehead atoms. The highest BCUT2D eigenvalue weighted by Crippen LogP contribution is 2.27. The van der Waals surface area contributed by atoms with E-state index < -0.39 is 0 Å². The molecule has 0 radical (unpaired) electrons. The number of rotatable bonds is 5. The largest absolute Gasteiger partial charge is 0.440 e. The highest BCUT2D eigenvalue weighted by Gasteiger charge is 2.21. The molecule has 0 N–H and O–H groups in total. The molecular weight excluding hydrogens is 246 g/mol. The summed E-state index contributed by atoms with van der Waals surface area (Å²) in [5.74, 6) is 0.124. The zero-order valence-corrected chi connectivity index (χ0v) is 11.2. The maximum Gasteiger partial charge on any atom is 0.256 e. The number of Topliss-reactive ketones (excluding diaryl/α,β-unsaturated/α-hetero) is 1. The van der Waals surface area contributed by atoms with Crippen LogP contribution in [0.4, 0.5) is 0 Å². The second kappa shape index (κ2) is 5.87. The highest BCUT2D eigenvalue weighted by atomic mass is 32.2. The molecule has 1 aromatic carbocycles. The van der Waals surface area contributed by atoms with Gasteiger partial charge < -0.3 is 4.42 Å². The Morgan fingerprint density at radius 3 is 2.67 bits per heavy atom. The molecule has 1 unspecified atom stereocenters. The fourth-order valence-electron chi connectivity index (χ4n) is 1.62. The minimum absolute atomic E-state index is 0.124. The van der Waals surface area contributed by atoms with Crippen molar-refractivity contribution in [3.05, 3.63) is 47.9 Å². The first-order valence-electron chi connectivity index (χ1n) is 5.88. The monoisotopic (exact) mass is 261 g/mol. The zero-order valence-electron chi connectivity index (χ0n) is 10.4. The van der Waals surface area contributed by atoms with Gasteiger partial charge in [0.25, 0.3) is 5.22 Å². The summed E-state index contributed by atoms with van der Waals surface area (Å²) in [7, 11) is 0. The predicted octanol–water partition coefficient (Wildman–Crippen LogP) is 3.74. The zero-order chi connectivity index (χ0) is 13.0. The Kier molecular flexibility index (Phi) is 4.20. The van der Waals surface area contributed by atoms with Crippen molar-refractivity contribution in [3.63, 3.8) is 0 Å². The number of benzene rings is 1. The molecule has 2 rings (SSSR count). The van der Waals surface area contributed by atoms with Crippen LogP contribution in [0.1, 0.15) is 29.4 Å². The van der Waals surface area contributed by atoms with Gasteiger partial charge in [-0.2, -0.15) is 0 Å². The molecule has 1 atom stereocenters. The summed E-state index contributed by atoms with van der Waals surface area (Å²) in [5.41, 5.74) is 1.57. The fourth-order valence-corrected chi connectivity index (χ4v) is 2.57. The van der Waals surface area contributed by atoms with Gasteiger partial charge in [0.15, 0.2) is 5.78 Å². The number of nitrogens with zero attached hydrogens (tertiary/aromatic N) is 1. The third-order valence-corrected chi connectivity index (χ3v) is 3.78. The number of aryl methyl sites for hydroxylation is 1. The third-order valence-electron chi connectivity index (χ3n) is 2.56. The van der Waals surface area contributed by atoms with Crippen LogP contribution in [0.25, 0.3) is 0 Å².